The van der Waals surface area contributed by atoms with Gasteiger partial charge in [0.15, 0.2) is 5.75 Å². The van der Waals surface area contributed by atoms with E-state index in [2.05, 4.69) is 26.7 Å². The van der Waals surface area contributed by atoms with Crippen LogP contribution in [0.15, 0.2) is 30.6 Å². The number of hydrogen-bond acceptors (Lipinski definition) is 7. The van der Waals surface area contributed by atoms with E-state index < -0.39 is 5.60 Å². The van der Waals surface area contributed by atoms with Crippen molar-refractivity contribution < 1.29 is 19.3 Å². The number of aliphatic hydroxyl groups is 1. The highest BCUT2D eigenvalue weighted by atomic mass is 16.5. The predicted octanol–water partition coefficient (Wildman–Crippen LogP) is 3.11. The Hall–Kier alpha value is -2.68. The fourth-order valence-corrected chi connectivity index (χ4v) is 4.32. The van der Waals surface area contributed by atoms with Crippen LogP contribution in [-0.2, 0) is 21.6 Å². The SMILES string of the molecule is COCCOc1cnc(N)nc1-c1cn(CCOC)c2ccc(C3(O)CCCC3)cc12. The van der Waals surface area contributed by atoms with E-state index >= 15 is 0 Å². The molecule has 0 unspecified atom stereocenters. The van der Waals surface area contributed by atoms with Crippen LogP contribution in [0.2, 0.25) is 0 Å². The molecule has 8 heteroatoms. The lowest BCUT2D eigenvalue weighted by Gasteiger charge is -2.23. The van der Waals surface area contributed by atoms with Crippen molar-refractivity contribution in [2.45, 2.75) is 37.8 Å². The van der Waals surface area contributed by atoms with Crippen molar-refractivity contribution in [1.29, 1.82) is 0 Å². The summed E-state index contributed by atoms with van der Waals surface area (Å²) in [6.07, 6.45) is 7.28. The average molecular weight is 427 g/mol. The molecule has 0 aliphatic heterocycles. The second-order valence-electron chi connectivity index (χ2n) is 7.98. The Kier molecular flexibility index (Phi) is 6.41. The number of rotatable bonds is 9. The topological polar surface area (TPSA) is 105 Å². The number of ether oxygens (including phenoxy) is 3. The van der Waals surface area contributed by atoms with Gasteiger partial charge in [-0.1, -0.05) is 18.9 Å². The normalized spacial score (nSPS) is 15.6. The molecule has 0 saturated heterocycles. The first-order valence-electron chi connectivity index (χ1n) is 10.6. The van der Waals surface area contributed by atoms with Gasteiger partial charge in [-0.25, -0.2) is 9.97 Å². The molecule has 1 aromatic carbocycles. The number of hydrogen-bond donors (Lipinski definition) is 2. The third kappa shape index (κ3) is 4.37. The Labute approximate surface area is 182 Å². The van der Waals surface area contributed by atoms with E-state index in [0.717, 1.165) is 47.7 Å². The number of nitrogens with two attached hydrogens (primary N) is 1. The number of nitrogen functional groups attached to an aromatic ring is 1. The highest BCUT2D eigenvalue weighted by Gasteiger charge is 2.33. The lowest BCUT2D eigenvalue weighted by Crippen LogP contribution is -2.20. The minimum absolute atomic E-state index is 0.178. The van der Waals surface area contributed by atoms with Crippen LogP contribution in [0, 0.1) is 0 Å². The molecule has 3 aromatic rings. The molecule has 1 saturated carbocycles. The van der Waals surface area contributed by atoms with Crippen LogP contribution in [0.4, 0.5) is 5.95 Å². The summed E-state index contributed by atoms with van der Waals surface area (Å²) >= 11 is 0. The summed E-state index contributed by atoms with van der Waals surface area (Å²) in [6, 6.07) is 6.18. The van der Waals surface area contributed by atoms with E-state index in [1.807, 2.05) is 12.3 Å². The maximum Gasteiger partial charge on any atom is 0.220 e. The third-order valence-electron chi connectivity index (χ3n) is 5.96. The Morgan fingerprint density at radius 2 is 1.90 bits per heavy atom. The van der Waals surface area contributed by atoms with Crippen LogP contribution in [0.1, 0.15) is 31.2 Å². The van der Waals surface area contributed by atoms with Crippen LogP contribution in [-0.4, -0.2) is 53.7 Å². The smallest absolute Gasteiger partial charge is 0.220 e. The fourth-order valence-electron chi connectivity index (χ4n) is 4.32. The molecule has 3 N–H and O–H groups in total. The van der Waals surface area contributed by atoms with Gasteiger partial charge in [0.2, 0.25) is 5.95 Å². The third-order valence-corrected chi connectivity index (χ3v) is 5.96. The summed E-state index contributed by atoms with van der Waals surface area (Å²) in [4.78, 5) is 8.61. The molecule has 31 heavy (non-hydrogen) atoms. The quantitative estimate of drug-likeness (QED) is 0.507. The second kappa shape index (κ2) is 9.21. The summed E-state index contributed by atoms with van der Waals surface area (Å²) in [7, 11) is 3.32. The van der Waals surface area contributed by atoms with Crippen molar-refractivity contribution in [3.8, 4) is 17.0 Å². The van der Waals surface area contributed by atoms with E-state index in [-0.39, 0.29) is 5.95 Å². The highest BCUT2D eigenvalue weighted by molar-refractivity contribution is 5.97. The van der Waals surface area contributed by atoms with Gasteiger partial charge in [0.05, 0.1) is 25.0 Å². The van der Waals surface area contributed by atoms with Crippen LogP contribution in [0.25, 0.3) is 22.2 Å². The molecule has 0 amide bonds. The van der Waals surface area contributed by atoms with E-state index in [9.17, 15) is 5.11 Å². The number of methoxy groups -OCH3 is 2. The molecule has 4 rings (SSSR count). The monoisotopic (exact) mass is 426 g/mol. The summed E-state index contributed by atoms with van der Waals surface area (Å²) in [5.41, 5.74) is 8.64. The van der Waals surface area contributed by atoms with Crippen molar-refractivity contribution in [3.05, 3.63) is 36.2 Å². The molecule has 0 atom stereocenters. The van der Waals surface area contributed by atoms with Gasteiger partial charge in [0.25, 0.3) is 0 Å². The largest absolute Gasteiger partial charge is 0.487 e. The van der Waals surface area contributed by atoms with Crippen LogP contribution in [0.3, 0.4) is 0 Å². The zero-order valence-corrected chi connectivity index (χ0v) is 18.1. The maximum absolute atomic E-state index is 11.2. The molecule has 1 fully saturated rings. The molecular weight excluding hydrogens is 396 g/mol. The van der Waals surface area contributed by atoms with Gasteiger partial charge in [-0.2, -0.15) is 0 Å². The van der Waals surface area contributed by atoms with Gasteiger partial charge in [0.1, 0.15) is 12.3 Å². The molecule has 0 radical (unpaired) electrons. The van der Waals surface area contributed by atoms with E-state index in [1.165, 1.54) is 0 Å². The zero-order chi connectivity index (χ0) is 21.8. The number of benzene rings is 1. The van der Waals surface area contributed by atoms with Crippen molar-refractivity contribution >= 4 is 16.9 Å². The predicted molar refractivity (Wildman–Crippen MR) is 119 cm³/mol. The van der Waals surface area contributed by atoms with Crippen molar-refractivity contribution in [2.75, 3.05) is 39.8 Å². The minimum atomic E-state index is -0.775. The summed E-state index contributed by atoms with van der Waals surface area (Å²) in [5.74, 6) is 0.722. The molecule has 2 heterocycles. The molecule has 1 aliphatic rings. The number of aromatic nitrogens is 3. The summed E-state index contributed by atoms with van der Waals surface area (Å²) < 4.78 is 18.4. The van der Waals surface area contributed by atoms with Gasteiger partial charge in [-0.05, 0) is 30.5 Å². The van der Waals surface area contributed by atoms with Crippen molar-refractivity contribution in [3.63, 3.8) is 0 Å². The highest BCUT2D eigenvalue weighted by Crippen LogP contribution is 2.42. The van der Waals surface area contributed by atoms with Crippen molar-refractivity contribution in [2.24, 2.45) is 0 Å². The molecule has 0 spiro atoms. The van der Waals surface area contributed by atoms with Crippen LogP contribution >= 0.6 is 0 Å². The Balaban J connectivity index is 1.85. The maximum atomic E-state index is 11.2. The van der Waals surface area contributed by atoms with E-state index in [0.29, 0.717) is 37.8 Å². The molecule has 166 valence electrons. The van der Waals surface area contributed by atoms with Crippen LogP contribution in [0.5, 0.6) is 5.75 Å². The van der Waals surface area contributed by atoms with Gasteiger partial charge < -0.3 is 29.6 Å². The second-order valence-corrected chi connectivity index (χ2v) is 7.98. The average Bonchev–Trinajstić information content (AvgIpc) is 3.37. The van der Waals surface area contributed by atoms with Gasteiger partial charge in [-0.3, -0.25) is 0 Å². The number of anilines is 1. The van der Waals surface area contributed by atoms with Gasteiger partial charge in [0, 0.05) is 43.4 Å². The Bertz CT molecular complexity index is 1040. The van der Waals surface area contributed by atoms with E-state index in [4.69, 9.17) is 19.9 Å². The number of fused-ring (bicyclic) bond motifs is 1. The molecule has 1 aliphatic carbocycles. The molecular formula is C23H30N4O4. The Morgan fingerprint density at radius 3 is 2.65 bits per heavy atom. The minimum Gasteiger partial charge on any atom is -0.487 e. The molecule has 2 aromatic heterocycles. The first-order valence-corrected chi connectivity index (χ1v) is 10.6. The van der Waals surface area contributed by atoms with Crippen LogP contribution < -0.4 is 10.5 Å². The Morgan fingerprint density at radius 1 is 1.13 bits per heavy atom. The lowest BCUT2D eigenvalue weighted by molar-refractivity contribution is 0.0446. The van der Waals surface area contributed by atoms with Gasteiger partial charge in [-0.15, -0.1) is 0 Å². The van der Waals surface area contributed by atoms with E-state index in [1.54, 1.807) is 20.4 Å². The summed E-state index contributed by atoms with van der Waals surface area (Å²) in [6.45, 7) is 2.11. The first kappa shape index (κ1) is 21.5. The molecule has 0 bridgehead atoms. The summed E-state index contributed by atoms with van der Waals surface area (Å²) in [5, 5.41) is 12.2. The zero-order valence-electron chi connectivity index (χ0n) is 18.1. The standard InChI is InChI=1S/C23H30N4O4/c1-29-10-9-27-15-18(21-20(31-12-11-30-2)14-25-22(24)26-21)17-13-16(5-6-19(17)27)23(28)7-3-4-8-23/h5-6,13-15,28H,3-4,7-12H2,1-2H3,(H2,24,25,26). The lowest BCUT2D eigenvalue weighted by atomic mass is 9.91. The molecule has 8 nitrogen and oxygen atoms in total. The van der Waals surface area contributed by atoms with Gasteiger partial charge >= 0.3 is 0 Å². The number of nitrogens with zero attached hydrogens (tertiary/aromatic N) is 3. The fraction of sp³-hybridized carbons (Fsp3) is 0.478. The first-order chi connectivity index (χ1) is 15.1. The van der Waals surface area contributed by atoms with Crippen molar-refractivity contribution in [1.82, 2.24) is 14.5 Å².